The Labute approximate surface area is 136 Å². The van der Waals surface area contributed by atoms with Gasteiger partial charge in [-0.05, 0) is 51.7 Å². The molecule has 1 fully saturated rings. The predicted molar refractivity (Wildman–Crippen MR) is 87.1 cm³/mol. The topological polar surface area (TPSA) is 61.8 Å². The summed E-state index contributed by atoms with van der Waals surface area (Å²) in [6.45, 7) is 7.54. The first kappa shape index (κ1) is 17.4. The predicted octanol–water partition coefficient (Wildman–Crippen LogP) is 3.59. The van der Waals surface area contributed by atoms with Crippen molar-refractivity contribution >= 4 is 11.8 Å². The van der Waals surface area contributed by atoms with Crippen LogP contribution < -0.4 is 5.32 Å². The first-order valence-electron chi connectivity index (χ1n) is 7.95. The molecule has 1 aromatic rings. The zero-order valence-electron chi connectivity index (χ0n) is 13.9. The number of ether oxygens (including phenoxy) is 1. The number of carbonyl (C=O) groups is 1. The third kappa shape index (κ3) is 5.30. The maximum absolute atomic E-state index is 13.3. The van der Waals surface area contributed by atoms with Crippen molar-refractivity contribution in [2.24, 2.45) is 5.92 Å². The maximum atomic E-state index is 13.3. The fourth-order valence-corrected chi connectivity index (χ4v) is 2.60. The van der Waals surface area contributed by atoms with Crippen LogP contribution in [0.1, 0.15) is 33.6 Å². The highest BCUT2D eigenvalue weighted by molar-refractivity contribution is 5.68. The lowest BCUT2D eigenvalue weighted by molar-refractivity contribution is 0.0172. The molecule has 5 nitrogen and oxygen atoms in total. The lowest BCUT2D eigenvalue weighted by Crippen LogP contribution is -2.44. The van der Waals surface area contributed by atoms with Gasteiger partial charge in [0.25, 0.3) is 0 Å². The zero-order chi connectivity index (χ0) is 17.0. The molecule has 0 bridgehead atoms. The van der Waals surface area contributed by atoms with Gasteiger partial charge in [0.2, 0.25) is 0 Å². The number of nitrogens with one attached hydrogen (secondary N) is 1. The van der Waals surface area contributed by atoms with E-state index in [1.54, 1.807) is 11.0 Å². The maximum Gasteiger partial charge on any atom is 0.410 e. The number of rotatable bonds is 3. The van der Waals surface area contributed by atoms with Crippen LogP contribution in [0, 0.1) is 11.7 Å². The number of nitrogens with zero attached hydrogens (tertiary/aromatic N) is 1. The van der Waals surface area contributed by atoms with Crippen LogP contribution in [-0.2, 0) is 4.74 Å². The Morgan fingerprint density at radius 3 is 2.87 bits per heavy atom. The van der Waals surface area contributed by atoms with Crippen molar-refractivity contribution in [2.75, 3.05) is 25.0 Å². The molecule has 128 valence electrons. The van der Waals surface area contributed by atoms with Crippen LogP contribution in [0.2, 0.25) is 0 Å². The molecule has 1 saturated heterocycles. The summed E-state index contributed by atoms with van der Waals surface area (Å²) in [4.78, 5) is 13.9. The summed E-state index contributed by atoms with van der Waals surface area (Å²) >= 11 is 0. The Hall–Kier alpha value is -1.98. The van der Waals surface area contributed by atoms with Gasteiger partial charge in [0, 0.05) is 31.4 Å². The quantitative estimate of drug-likeness (QED) is 0.834. The molecule has 1 heterocycles. The lowest BCUT2D eigenvalue weighted by atomic mass is 9.98. The van der Waals surface area contributed by atoms with Gasteiger partial charge in [-0.2, -0.15) is 0 Å². The van der Waals surface area contributed by atoms with E-state index in [4.69, 9.17) is 4.74 Å². The summed E-state index contributed by atoms with van der Waals surface area (Å²) in [5, 5.41) is 12.3. The van der Waals surface area contributed by atoms with Crippen LogP contribution in [-0.4, -0.2) is 41.3 Å². The summed E-state index contributed by atoms with van der Waals surface area (Å²) in [6, 6.07) is 4.22. The van der Waals surface area contributed by atoms with E-state index in [1.807, 2.05) is 20.8 Å². The van der Waals surface area contributed by atoms with Crippen LogP contribution in [0.15, 0.2) is 18.2 Å². The average Bonchev–Trinajstić information content (AvgIpc) is 2.47. The van der Waals surface area contributed by atoms with Gasteiger partial charge in [0.15, 0.2) is 11.6 Å². The van der Waals surface area contributed by atoms with Gasteiger partial charge in [-0.1, -0.05) is 0 Å². The summed E-state index contributed by atoms with van der Waals surface area (Å²) in [5.74, 6) is -0.716. The van der Waals surface area contributed by atoms with Gasteiger partial charge < -0.3 is 20.1 Å². The minimum Gasteiger partial charge on any atom is -0.505 e. The number of amides is 1. The van der Waals surface area contributed by atoms with E-state index in [0.29, 0.717) is 25.3 Å². The SMILES string of the molecule is CC(C)(C)OC(=O)N1CCCC(CNc2ccc(O)c(F)c2)C1. The minimum atomic E-state index is -0.644. The summed E-state index contributed by atoms with van der Waals surface area (Å²) in [5.41, 5.74) is 0.126. The highest BCUT2D eigenvalue weighted by atomic mass is 19.1. The first-order chi connectivity index (χ1) is 10.7. The highest BCUT2D eigenvalue weighted by Crippen LogP contribution is 2.22. The molecule has 1 atom stereocenters. The second-order valence-corrected chi connectivity index (χ2v) is 6.98. The van der Waals surface area contributed by atoms with Gasteiger partial charge >= 0.3 is 6.09 Å². The summed E-state index contributed by atoms with van der Waals surface area (Å²) < 4.78 is 18.7. The van der Waals surface area contributed by atoms with E-state index in [9.17, 15) is 14.3 Å². The van der Waals surface area contributed by atoms with Crippen LogP contribution in [0.5, 0.6) is 5.75 Å². The Morgan fingerprint density at radius 2 is 2.22 bits per heavy atom. The zero-order valence-corrected chi connectivity index (χ0v) is 13.9. The normalized spacial score (nSPS) is 18.6. The second-order valence-electron chi connectivity index (χ2n) is 6.98. The van der Waals surface area contributed by atoms with Crippen molar-refractivity contribution in [3.8, 4) is 5.75 Å². The fraction of sp³-hybridized carbons (Fsp3) is 0.588. The van der Waals surface area contributed by atoms with Crippen LogP contribution >= 0.6 is 0 Å². The number of halogens is 1. The third-order valence-corrected chi connectivity index (χ3v) is 3.71. The van der Waals surface area contributed by atoms with Gasteiger partial charge in [-0.3, -0.25) is 0 Å². The van der Waals surface area contributed by atoms with E-state index >= 15 is 0 Å². The monoisotopic (exact) mass is 324 g/mol. The van der Waals surface area contributed by atoms with Gasteiger partial charge in [-0.25, -0.2) is 9.18 Å². The van der Waals surface area contributed by atoms with Crippen molar-refractivity contribution in [3.63, 3.8) is 0 Å². The van der Waals surface area contributed by atoms with Crippen LogP contribution in [0.25, 0.3) is 0 Å². The molecule has 0 saturated carbocycles. The van der Waals surface area contributed by atoms with Crippen molar-refractivity contribution in [1.82, 2.24) is 4.90 Å². The van der Waals surface area contributed by atoms with E-state index < -0.39 is 11.4 Å². The number of likely N-dealkylation sites (tertiary alicyclic amines) is 1. The number of carbonyl (C=O) groups excluding carboxylic acids is 1. The molecule has 0 aromatic heterocycles. The Kier molecular flexibility index (Phi) is 5.34. The molecule has 1 aliphatic heterocycles. The van der Waals surface area contributed by atoms with E-state index in [0.717, 1.165) is 12.8 Å². The van der Waals surface area contributed by atoms with E-state index in [1.165, 1.54) is 12.1 Å². The largest absolute Gasteiger partial charge is 0.505 e. The summed E-state index contributed by atoms with van der Waals surface area (Å²) in [7, 11) is 0. The Morgan fingerprint density at radius 1 is 1.48 bits per heavy atom. The standard InChI is InChI=1S/C17H25FN2O3/c1-17(2,3)23-16(22)20-8-4-5-12(11-20)10-19-13-6-7-15(21)14(18)9-13/h6-7,9,12,19,21H,4-5,8,10-11H2,1-3H3. The van der Waals surface area contributed by atoms with Gasteiger partial charge in [0.1, 0.15) is 5.60 Å². The number of phenols is 1. The Bertz CT molecular complexity index is 557. The molecule has 23 heavy (non-hydrogen) atoms. The van der Waals surface area contributed by atoms with Crippen molar-refractivity contribution in [2.45, 2.75) is 39.2 Å². The molecule has 0 aliphatic carbocycles. The second kappa shape index (κ2) is 7.06. The molecule has 6 heteroatoms. The Balaban J connectivity index is 1.86. The average molecular weight is 324 g/mol. The summed E-state index contributed by atoms with van der Waals surface area (Å²) in [6.07, 6.45) is 1.65. The number of benzene rings is 1. The van der Waals surface area contributed by atoms with Crippen molar-refractivity contribution in [1.29, 1.82) is 0 Å². The molecule has 1 unspecified atom stereocenters. The van der Waals surface area contributed by atoms with E-state index in [2.05, 4.69) is 5.32 Å². The molecule has 2 N–H and O–H groups in total. The molecule has 1 amide bonds. The fourth-order valence-electron chi connectivity index (χ4n) is 2.60. The van der Waals surface area contributed by atoms with E-state index in [-0.39, 0.29) is 17.8 Å². The molecular weight excluding hydrogens is 299 g/mol. The number of aromatic hydroxyl groups is 1. The van der Waals surface area contributed by atoms with Crippen molar-refractivity contribution < 1.29 is 19.0 Å². The molecule has 0 spiro atoms. The molecule has 2 rings (SSSR count). The first-order valence-corrected chi connectivity index (χ1v) is 7.95. The molecule has 1 aliphatic rings. The van der Waals surface area contributed by atoms with Crippen molar-refractivity contribution in [3.05, 3.63) is 24.0 Å². The van der Waals surface area contributed by atoms with Gasteiger partial charge in [-0.15, -0.1) is 0 Å². The van der Waals surface area contributed by atoms with Crippen LogP contribution in [0.3, 0.4) is 0 Å². The minimum absolute atomic E-state index is 0.280. The number of phenolic OH excluding ortho intramolecular Hbond substituents is 1. The number of hydrogen-bond acceptors (Lipinski definition) is 4. The molecule has 0 radical (unpaired) electrons. The number of hydrogen-bond donors (Lipinski definition) is 2. The molecular formula is C17H25FN2O3. The smallest absolute Gasteiger partial charge is 0.410 e. The number of piperidine rings is 1. The van der Waals surface area contributed by atoms with Gasteiger partial charge in [0.05, 0.1) is 0 Å². The lowest BCUT2D eigenvalue weighted by Gasteiger charge is -2.34. The number of anilines is 1. The van der Waals surface area contributed by atoms with Crippen LogP contribution in [0.4, 0.5) is 14.9 Å². The molecule has 1 aromatic carbocycles. The third-order valence-electron chi connectivity index (χ3n) is 3.71. The highest BCUT2D eigenvalue weighted by Gasteiger charge is 2.27.